The maximum atomic E-state index is 11.3. The summed E-state index contributed by atoms with van der Waals surface area (Å²) in [5.74, 6) is 0. The molecule has 1 amide bonds. The van der Waals surface area contributed by atoms with Crippen molar-refractivity contribution < 1.29 is 14.6 Å². The number of ether oxygens (including phenoxy) is 1. The second-order valence-corrected chi connectivity index (χ2v) is 5.44. The molecule has 1 aliphatic rings. The van der Waals surface area contributed by atoms with E-state index >= 15 is 0 Å². The summed E-state index contributed by atoms with van der Waals surface area (Å²) < 4.78 is 5.09. The molecule has 0 saturated carbocycles. The Balaban J connectivity index is 2.25. The van der Waals surface area contributed by atoms with Gasteiger partial charge >= 0.3 is 6.09 Å². The van der Waals surface area contributed by atoms with E-state index in [4.69, 9.17) is 9.84 Å². The molecule has 1 aliphatic heterocycles. The van der Waals surface area contributed by atoms with Gasteiger partial charge < -0.3 is 9.84 Å². The molecular formula is C10H20N2O3. The fraction of sp³-hybridized carbons (Fsp3) is 0.900. The largest absolute Gasteiger partial charge is 0.443 e. The molecule has 0 spiro atoms. The first kappa shape index (κ1) is 12.3. The zero-order chi connectivity index (χ0) is 11.7. The first-order chi connectivity index (χ1) is 6.74. The lowest BCUT2D eigenvalue weighted by Crippen LogP contribution is -2.63. The fourth-order valence-electron chi connectivity index (χ4n) is 1.48. The van der Waals surface area contributed by atoms with Crippen LogP contribution in [0.1, 0.15) is 27.7 Å². The van der Waals surface area contributed by atoms with Crippen LogP contribution in [0, 0.1) is 5.41 Å². The molecule has 15 heavy (non-hydrogen) atoms. The van der Waals surface area contributed by atoms with Crippen LogP contribution >= 0.6 is 0 Å². The Labute approximate surface area is 90.4 Å². The number of nitrogens with one attached hydrogen (secondary N) is 1. The minimum Gasteiger partial charge on any atom is -0.443 e. The van der Waals surface area contributed by atoms with E-state index in [1.807, 2.05) is 27.7 Å². The van der Waals surface area contributed by atoms with E-state index in [2.05, 4.69) is 5.43 Å². The van der Waals surface area contributed by atoms with Crippen molar-refractivity contribution in [1.82, 2.24) is 10.4 Å². The summed E-state index contributed by atoms with van der Waals surface area (Å²) in [7, 11) is 0. The number of hydrogen-bond acceptors (Lipinski definition) is 4. The van der Waals surface area contributed by atoms with Gasteiger partial charge in [-0.05, 0) is 20.8 Å². The van der Waals surface area contributed by atoms with E-state index < -0.39 is 11.7 Å². The van der Waals surface area contributed by atoms with Gasteiger partial charge in [0.05, 0.1) is 6.61 Å². The van der Waals surface area contributed by atoms with Crippen molar-refractivity contribution >= 4 is 6.09 Å². The van der Waals surface area contributed by atoms with Crippen LogP contribution in [0.5, 0.6) is 0 Å². The summed E-state index contributed by atoms with van der Waals surface area (Å²) in [5.41, 5.74) is 2.06. The third-order valence-electron chi connectivity index (χ3n) is 2.18. The van der Waals surface area contributed by atoms with Gasteiger partial charge in [0.25, 0.3) is 0 Å². The molecule has 0 aromatic rings. The smallest absolute Gasteiger partial charge is 0.422 e. The van der Waals surface area contributed by atoms with E-state index in [0.29, 0.717) is 13.1 Å². The lowest BCUT2D eigenvalue weighted by atomic mass is 9.84. The maximum Gasteiger partial charge on any atom is 0.422 e. The molecule has 2 N–H and O–H groups in total. The molecule has 0 aromatic carbocycles. The second-order valence-electron chi connectivity index (χ2n) is 5.44. The van der Waals surface area contributed by atoms with E-state index in [0.717, 1.165) is 0 Å². The van der Waals surface area contributed by atoms with Crippen LogP contribution in [0.15, 0.2) is 0 Å². The van der Waals surface area contributed by atoms with E-state index in [-0.39, 0.29) is 12.0 Å². The monoisotopic (exact) mass is 216 g/mol. The van der Waals surface area contributed by atoms with Gasteiger partial charge in [-0.1, -0.05) is 6.92 Å². The molecule has 0 unspecified atom stereocenters. The number of aliphatic hydroxyl groups excluding tert-OH is 1. The fourth-order valence-corrected chi connectivity index (χ4v) is 1.48. The third kappa shape index (κ3) is 3.68. The van der Waals surface area contributed by atoms with Crippen molar-refractivity contribution in [1.29, 1.82) is 0 Å². The van der Waals surface area contributed by atoms with Crippen LogP contribution in [-0.2, 0) is 4.74 Å². The summed E-state index contributed by atoms with van der Waals surface area (Å²) in [6, 6.07) is 0. The number of amides is 1. The molecule has 1 fully saturated rings. The minimum absolute atomic E-state index is 0.0883. The molecule has 0 atom stereocenters. The summed E-state index contributed by atoms with van der Waals surface area (Å²) in [4.78, 5) is 11.3. The lowest BCUT2D eigenvalue weighted by Gasteiger charge is -2.46. The van der Waals surface area contributed by atoms with Gasteiger partial charge in [0.15, 0.2) is 0 Å². The number of hydrazine groups is 1. The summed E-state index contributed by atoms with van der Waals surface area (Å²) >= 11 is 0. The predicted molar refractivity (Wildman–Crippen MR) is 56.1 cm³/mol. The van der Waals surface area contributed by atoms with Gasteiger partial charge in [0, 0.05) is 18.5 Å². The molecule has 1 heterocycles. The van der Waals surface area contributed by atoms with Crippen molar-refractivity contribution in [3.63, 3.8) is 0 Å². The van der Waals surface area contributed by atoms with Gasteiger partial charge in [-0.15, -0.1) is 0 Å². The van der Waals surface area contributed by atoms with Crippen molar-refractivity contribution in [2.24, 2.45) is 5.41 Å². The molecule has 88 valence electrons. The van der Waals surface area contributed by atoms with Gasteiger partial charge in [-0.2, -0.15) is 0 Å². The number of carbonyl (C=O) groups is 1. The Kier molecular flexibility index (Phi) is 3.25. The van der Waals surface area contributed by atoms with Crippen molar-refractivity contribution in [3.8, 4) is 0 Å². The number of aliphatic hydroxyl groups is 1. The molecule has 1 rings (SSSR count). The molecule has 0 radical (unpaired) electrons. The number of nitrogens with zero attached hydrogens (tertiary/aromatic N) is 1. The topological polar surface area (TPSA) is 61.8 Å². The Morgan fingerprint density at radius 2 is 2.07 bits per heavy atom. The van der Waals surface area contributed by atoms with Crippen LogP contribution in [0.2, 0.25) is 0 Å². The van der Waals surface area contributed by atoms with E-state index in [1.165, 1.54) is 0 Å². The third-order valence-corrected chi connectivity index (χ3v) is 2.18. The Hall–Kier alpha value is -0.810. The number of carbonyl (C=O) groups excluding carboxylic acids is 1. The first-order valence-electron chi connectivity index (χ1n) is 5.10. The van der Waals surface area contributed by atoms with Gasteiger partial charge in [-0.25, -0.2) is 9.80 Å². The van der Waals surface area contributed by atoms with Crippen LogP contribution in [0.25, 0.3) is 0 Å². The minimum atomic E-state index is -0.477. The highest BCUT2D eigenvalue weighted by Crippen LogP contribution is 2.27. The molecule has 0 aliphatic carbocycles. The number of rotatable bonds is 2. The van der Waals surface area contributed by atoms with Crippen molar-refractivity contribution in [2.75, 3.05) is 19.7 Å². The van der Waals surface area contributed by atoms with Gasteiger partial charge in [0.1, 0.15) is 5.60 Å². The molecule has 0 aromatic heterocycles. The molecule has 1 saturated heterocycles. The SMILES string of the molecule is CC1(CO)CN(NC(=O)OC(C)(C)C)C1. The zero-order valence-electron chi connectivity index (χ0n) is 9.83. The first-order valence-corrected chi connectivity index (χ1v) is 5.10. The van der Waals surface area contributed by atoms with Crippen LogP contribution < -0.4 is 5.43 Å². The van der Waals surface area contributed by atoms with Crippen LogP contribution in [0.4, 0.5) is 4.79 Å². The van der Waals surface area contributed by atoms with Gasteiger partial charge in [-0.3, -0.25) is 5.43 Å². The van der Waals surface area contributed by atoms with Crippen molar-refractivity contribution in [2.45, 2.75) is 33.3 Å². The van der Waals surface area contributed by atoms with E-state index in [9.17, 15) is 4.79 Å². The molecule has 0 bridgehead atoms. The standard InChI is InChI=1S/C10H20N2O3/c1-9(2,3)15-8(14)11-12-5-10(4,6-12)7-13/h13H,5-7H2,1-4H3,(H,11,14). The highest BCUT2D eigenvalue weighted by atomic mass is 16.6. The summed E-state index contributed by atoms with van der Waals surface area (Å²) in [6.07, 6.45) is -0.442. The lowest BCUT2D eigenvalue weighted by molar-refractivity contribution is -0.0627. The summed E-state index contributed by atoms with van der Waals surface area (Å²) in [6.45, 7) is 8.88. The van der Waals surface area contributed by atoms with E-state index in [1.54, 1.807) is 5.01 Å². The highest BCUT2D eigenvalue weighted by molar-refractivity contribution is 5.67. The Bertz CT molecular complexity index is 242. The zero-order valence-corrected chi connectivity index (χ0v) is 9.83. The summed E-state index contributed by atoms with van der Waals surface area (Å²) in [5, 5.41) is 10.8. The average Bonchev–Trinajstić information content (AvgIpc) is 1.97. The Morgan fingerprint density at radius 3 is 2.47 bits per heavy atom. The second kappa shape index (κ2) is 3.98. The number of hydrogen-bond donors (Lipinski definition) is 2. The van der Waals surface area contributed by atoms with Crippen LogP contribution in [0.3, 0.4) is 0 Å². The quantitative estimate of drug-likeness (QED) is 0.714. The molecule has 5 heteroatoms. The molecular weight excluding hydrogens is 196 g/mol. The normalized spacial score (nSPS) is 20.6. The van der Waals surface area contributed by atoms with Crippen LogP contribution in [-0.4, -0.2) is 41.5 Å². The predicted octanol–water partition coefficient (Wildman–Crippen LogP) is 0.740. The van der Waals surface area contributed by atoms with Gasteiger partial charge in [0.2, 0.25) is 0 Å². The maximum absolute atomic E-state index is 11.3. The molecule has 5 nitrogen and oxygen atoms in total. The average molecular weight is 216 g/mol. The van der Waals surface area contributed by atoms with Crippen molar-refractivity contribution in [3.05, 3.63) is 0 Å². The Morgan fingerprint density at radius 1 is 1.53 bits per heavy atom. The highest BCUT2D eigenvalue weighted by Gasteiger charge is 2.39.